The standard InChI is InChI=1S/C10H18N4O2/c1-14(7-5-11-6-8-16-2)9-10(15)13-4-3-12-9/h3-4,11H,5-8H2,1-2H3,(H,13,15). The Morgan fingerprint density at radius 3 is 3.06 bits per heavy atom. The van der Waals surface area contributed by atoms with Crippen molar-refractivity contribution in [1.82, 2.24) is 15.3 Å². The molecule has 0 radical (unpaired) electrons. The van der Waals surface area contributed by atoms with Crippen LogP contribution in [-0.4, -0.2) is 50.4 Å². The van der Waals surface area contributed by atoms with Gasteiger partial charge < -0.3 is 19.9 Å². The van der Waals surface area contributed by atoms with E-state index >= 15 is 0 Å². The molecule has 6 nitrogen and oxygen atoms in total. The number of likely N-dealkylation sites (N-methyl/N-ethyl adjacent to an activating group) is 1. The first-order valence-electron chi connectivity index (χ1n) is 5.20. The van der Waals surface area contributed by atoms with Crippen LogP contribution in [0.2, 0.25) is 0 Å². The molecule has 0 saturated heterocycles. The zero-order valence-electron chi connectivity index (χ0n) is 9.69. The highest BCUT2D eigenvalue weighted by Crippen LogP contribution is 1.96. The van der Waals surface area contributed by atoms with Crippen LogP contribution in [0.4, 0.5) is 5.82 Å². The van der Waals surface area contributed by atoms with Gasteiger partial charge in [-0.2, -0.15) is 0 Å². The second-order valence-electron chi connectivity index (χ2n) is 3.41. The molecule has 0 aliphatic heterocycles. The predicted octanol–water partition coefficient (Wildman–Crippen LogP) is -0.558. The fourth-order valence-electron chi connectivity index (χ4n) is 1.27. The quantitative estimate of drug-likeness (QED) is 0.610. The topological polar surface area (TPSA) is 70.2 Å². The van der Waals surface area contributed by atoms with Crippen molar-refractivity contribution in [3.8, 4) is 0 Å². The highest BCUT2D eigenvalue weighted by Gasteiger charge is 2.05. The minimum absolute atomic E-state index is 0.165. The molecule has 1 aromatic rings. The molecule has 0 amide bonds. The number of aromatic nitrogens is 2. The van der Waals surface area contributed by atoms with Crippen LogP contribution in [-0.2, 0) is 4.74 Å². The summed E-state index contributed by atoms with van der Waals surface area (Å²) in [6.45, 7) is 3.01. The average Bonchev–Trinajstić information content (AvgIpc) is 2.29. The summed E-state index contributed by atoms with van der Waals surface area (Å²) in [4.78, 5) is 19.8. The van der Waals surface area contributed by atoms with Gasteiger partial charge in [0.1, 0.15) is 0 Å². The smallest absolute Gasteiger partial charge is 0.290 e. The third-order valence-corrected chi connectivity index (χ3v) is 2.16. The summed E-state index contributed by atoms with van der Waals surface area (Å²) < 4.78 is 4.91. The number of H-pyrrole nitrogens is 1. The lowest BCUT2D eigenvalue weighted by molar-refractivity contribution is 0.200. The van der Waals surface area contributed by atoms with E-state index in [1.54, 1.807) is 13.3 Å². The summed E-state index contributed by atoms with van der Waals surface area (Å²) in [5.74, 6) is 0.441. The fraction of sp³-hybridized carbons (Fsp3) is 0.600. The van der Waals surface area contributed by atoms with E-state index in [0.29, 0.717) is 12.4 Å². The first-order valence-corrected chi connectivity index (χ1v) is 5.20. The SMILES string of the molecule is COCCNCCN(C)c1ncc[nH]c1=O. The maximum Gasteiger partial charge on any atom is 0.290 e. The zero-order valence-corrected chi connectivity index (χ0v) is 9.69. The van der Waals surface area contributed by atoms with Gasteiger partial charge >= 0.3 is 0 Å². The monoisotopic (exact) mass is 226 g/mol. The predicted molar refractivity (Wildman–Crippen MR) is 62.9 cm³/mol. The lowest BCUT2D eigenvalue weighted by Gasteiger charge is -2.16. The van der Waals surface area contributed by atoms with E-state index in [1.807, 2.05) is 11.9 Å². The Labute approximate surface area is 94.6 Å². The molecular weight excluding hydrogens is 208 g/mol. The van der Waals surface area contributed by atoms with Gasteiger partial charge in [-0.15, -0.1) is 0 Å². The molecule has 2 N–H and O–H groups in total. The number of rotatable bonds is 7. The minimum atomic E-state index is -0.165. The van der Waals surface area contributed by atoms with E-state index in [1.165, 1.54) is 6.20 Å². The van der Waals surface area contributed by atoms with Crippen molar-refractivity contribution in [3.63, 3.8) is 0 Å². The van der Waals surface area contributed by atoms with Gasteiger partial charge in [-0.1, -0.05) is 0 Å². The highest BCUT2D eigenvalue weighted by molar-refractivity contribution is 5.33. The molecule has 0 spiro atoms. The number of aromatic amines is 1. The molecule has 1 heterocycles. The molecule has 0 fully saturated rings. The molecule has 1 aromatic heterocycles. The van der Waals surface area contributed by atoms with E-state index in [2.05, 4.69) is 15.3 Å². The van der Waals surface area contributed by atoms with E-state index in [0.717, 1.165) is 19.6 Å². The summed E-state index contributed by atoms with van der Waals surface area (Å²) in [6, 6.07) is 0. The van der Waals surface area contributed by atoms with E-state index < -0.39 is 0 Å². The lowest BCUT2D eigenvalue weighted by atomic mass is 10.5. The van der Waals surface area contributed by atoms with Crippen LogP contribution >= 0.6 is 0 Å². The van der Waals surface area contributed by atoms with Crippen LogP contribution < -0.4 is 15.8 Å². The van der Waals surface area contributed by atoms with Gasteiger partial charge in [0.05, 0.1) is 6.61 Å². The summed E-state index contributed by atoms with van der Waals surface area (Å²) in [7, 11) is 3.51. The Morgan fingerprint density at radius 2 is 2.38 bits per heavy atom. The Hall–Kier alpha value is -1.40. The molecule has 90 valence electrons. The molecule has 0 atom stereocenters. The van der Waals surface area contributed by atoms with E-state index in [4.69, 9.17) is 4.74 Å². The van der Waals surface area contributed by atoms with Gasteiger partial charge in [-0.05, 0) is 0 Å². The van der Waals surface area contributed by atoms with Crippen molar-refractivity contribution in [2.75, 3.05) is 45.3 Å². The normalized spacial score (nSPS) is 10.4. The lowest BCUT2D eigenvalue weighted by Crippen LogP contribution is -2.34. The average molecular weight is 226 g/mol. The van der Waals surface area contributed by atoms with Gasteiger partial charge in [0, 0.05) is 46.2 Å². The van der Waals surface area contributed by atoms with Crippen LogP contribution in [0.5, 0.6) is 0 Å². The molecule has 0 aliphatic carbocycles. The Balaban J connectivity index is 2.33. The van der Waals surface area contributed by atoms with Crippen LogP contribution in [0.25, 0.3) is 0 Å². The second-order valence-corrected chi connectivity index (χ2v) is 3.41. The molecule has 0 aliphatic rings. The summed E-state index contributed by atoms with van der Waals surface area (Å²) in [5, 5.41) is 3.20. The molecular formula is C10H18N4O2. The zero-order chi connectivity index (χ0) is 11.8. The number of nitrogens with one attached hydrogen (secondary N) is 2. The number of nitrogens with zero attached hydrogens (tertiary/aromatic N) is 2. The Bertz CT molecular complexity index is 353. The van der Waals surface area contributed by atoms with Gasteiger partial charge in [-0.25, -0.2) is 4.98 Å². The highest BCUT2D eigenvalue weighted by atomic mass is 16.5. The second kappa shape index (κ2) is 6.97. The first kappa shape index (κ1) is 12.7. The van der Waals surface area contributed by atoms with Crippen LogP contribution in [0.15, 0.2) is 17.2 Å². The Morgan fingerprint density at radius 1 is 1.56 bits per heavy atom. The van der Waals surface area contributed by atoms with E-state index in [9.17, 15) is 4.79 Å². The first-order chi connectivity index (χ1) is 7.75. The fourth-order valence-corrected chi connectivity index (χ4v) is 1.27. The third kappa shape index (κ3) is 4.00. The van der Waals surface area contributed by atoms with Gasteiger partial charge in [0.25, 0.3) is 5.56 Å². The Kier molecular flexibility index (Phi) is 5.52. The van der Waals surface area contributed by atoms with Crippen molar-refractivity contribution in [2.45, 2.75) is 0 Å². The summed E-state index contributed by atoms with van der Waals surface area (Å²) >= 11 is 0. The van der Waals surface area contributed by atoms with Gasteiger partial charge in [0.15, 0.2) is 5.82 Å². The maximum absolute atomic E-state index is 11.4. The number of ether oxygens (including phenoxy) is 1. The van der Waals surface area contributed by atoms with Crippen molar-refractivity contribution < 1.29 is 4.74 Å². The van der Waals surface area contributed by atoms with Crippen molar-refractivity contribution in [1.29, 1.82) is 0 Å². The molecule has 6 heteroatoms. The molecule has 0 unspecified atom stereocenters. The maximum atomic E-state index is 11.4. The van der Waals surface area contributed by atoms with Crippen LogP contribution in [0, 0.1) is 0 Å². The molecule has 1 rings (SSSR count). The van der Waals surface area contributed by atoms with Crippen LogP contribution in [0.1, 0.15) is 0 Å². The third-order valence-electron chi connectivity index (χ3n) is 2.16. The largest absolute Gasteiger partial charge is 0.383 e. The minimum Gasteiger partial charge on any atom is -0.383 e. The van der Waals surface area contributed by atoms with Crippen LogP contribution in [0.3, 0.4) is 0 Å². The van der Waals surface area contributed by atoms with Gasteiger partial charge in [0.2, 0.25) is 0 Å². The molecule has 16 heavy (non-hydrogen) atoms. The van der Waals surface area contributed by atoms with Crippen molar-refractivity contribution in [2.24, 2.45) is 0 Å². The molecule has 0 bridgehead atoms. The number of anilines is 1. The van der Waals surface area contributed by atoms with E-state index in [-0.39, 0.29) is 5.56 Å². The van der Waals surface area contributed by atoms with Crippen molar-refractivity contribution in [3.05, 3.63) is 22.7 Å². The summed E-state index contributed by atoms with van der Waals surface area (Å²) in [6.07, 6.45) is 3.10. The number of hydrogen-bond acceptors (Lipinski definition) is 5. The number of methoxy groups -OCH3 is 1. The summed E-state index contributed by atoms with van der Waals surface area (Å²) in [5.41, 5.74) is -0.165. The number of hydrogen-bond donors (Lipinski definition) is 2. The molecule has 0 aromatic carbocycles. The molecule has 0 saturated carbocycles. The van der Waals surface area contributed by atoms with Crippen molar-refractivity contribution >= 4 is 5.82 Å². The van der Waals surface area contributed by atoms with Gasteiger partial charge in [-0.3, -0.25) is 4.79 Å².